The van der Waals surface area contributed by atoms with Gasteiger partial charge in [-0.2, -0.15) is 0 Å². The van der Waals surface area contributed by atoms with Crippen molar-refractivity contribution in [1.29, 1.82) is 0 Å². The third-order valence-electron chi connectivity index (χ3n) is 8.80. The lowest BCUT2D eigenvalue weighted by molar-refractivity contribution is -0.143. The van der Waals surface area contributed by atoms with Gasteiger partial charge in [-0.25, -0.2) is 18.6 Å². The van der Waals surface area contributed by atoms with Gasteiger partial charge >= 0.3 is 5.97 Å². The van der Waals surface area contributed by atoms with E-state index in [1.165, 1.54) is 0 Å². The summed E-state index contributed by atoms with van der Waals surface area (Å²) in [6.07, 6.45) is 4.46. The molecule has 268 valence electrons. The molecule has 1 aliphatic heterocycles. The third kappa shape index (κ3) is 9.35. The lowest BCUT2D eigenvalue weighted by Gasteiger charge is -2.49. The Kier molecular flexibility index (Phi) is 12.8. The van der Waals surface area contributed by atoms with Gasteiger partial charge in [-0.05, 0) is 73.2 Å². The molecule has 0 bridgehead atoms. The monoisotopic (exact) mass is 745 g/mol. The summed E-state index contributed by atoms with van der Waals surface area (Å²) in [7, 11) is -3.61. The van der Waals surface area contributed by atoms with Crippen LogP contribution in [0.1, 0.15) is 84.5 Å². The lowest BCUT2D eigenvalue weighted by atomic mass is 9.76. The zero-order chi connectivity index (χ0) is 35.8. The van der Waals surface area contributed by atoms with Gasteiger partial charge in [-0.15, -0.1) is 0 Å². The molecule has 50 heavy (non-hydrogen) atoms. The maximum absolute atomic E-state index is 14.4. The second-order valence-electron chi connectivity index (χ2n) is 12.4. The van der Waals surface area contributed by atoms with Gasteiger partial charge in [0.1, 0.15) is 5.75 Å². The molecule has 1 saturated carbocycles. The average molecular weight is 747 g/mol. The van der Waals surface area contributed by atoms with E-state index in [0.29, 0.717) is 59.9 Å². The molecule has 2 amide bonds. The molecule has 2 aliphatic rings. The number of rotatable bonds is 14. The number of hydrogen-bond acceptors (Lipinski definition) is 8. The molecule has 1 fully saturated rings. The van der Waals surface area contributed by atoms with Crippen LogP contribution in [0.3, 0.4) is 0 Å². The summed E-state index contributed by atoms with van der Waals surface area (Å²) in [6.45, 7) is 2.43. The van der Waals surface area contributed by atoms with E-state index in [-0.39, 0.29) is 29.9 Å². The first kappa shape index (κ1) is 37.6. The second-order valence-corrected chi connectivity index (χ2v) is 15.0. The van der Waals surface area contributed by atoms with Crippen molar-refractivity contribution in [3.63, 3.8) is 0 Å². The van der Waals surface area contributed by atoms with E-state index >= 15 is 0 Å². The molecule has 1 aliphatic carbocycles. The fourth-order valence-corrected chi connectivity index (χ4v) is 8.09. The van der Waals surface area contributed by atoms with Crippen LogP contribution in [0.5, 0.6) is 5.75 Å². The molecule has 1 heterocycles. The Morgan fingerprint density at radius 1 is 0.980 bits per heavy atom. The van der Waals surface area contributed by atoms with Gasteiger partial charge in [0.15, 0.2) is 0 Å². The third-order valence-corrected chi connectivity index (χ3v) is 10.1. The molecular formula is C36H41Cl2N3O8S. The van der Waals surface area contributed by atoms with Gasteiger partial charge in [-0.1, -0.05) is 72.4 Å². The van der Waals surface area contributed by atoms with E-state index in [9.17, 15) is 22.8 Å². The van der Waals surface area contributed by atoms with Crippen molar-refractivity contribution in [2.75, 3.05) is 19.5 Å². The number of carbonyl (C=O) groups is 3. The normalized spacial score (nSPS) is 20.6. The van der Waals surface area contributed by atoms with E-state index < -0.39 is 40.0 Å². The summed E-state index contributed by atoms with van der Waals surface area (Å²) in [5.41, 5.74) is 4.66. The fraction of sp³-hybridized carbons (Fsp3) is 0.417. The number of ether oxygens (including phenoxy) is 2. The van der Waals surface area contributed by atoms with Crippen molar-refractivity contribution < 1.29 is 37.1 Å². The van der Waals surface area contributed by atoms with Crippen LogP contribution in [0.2, 0.25) is 10.0 Å². The molecule has 2 N–H and O–H groups in total. The Labute approximate surface area is 302 Å². The van der Waals surface area contributed by atoms with E-state index in [0.717, 1.165) is 24.7 Å². The number of benzene rings is 3. The molecule has 3 aromatic carbocycles. The first-order valence-corrected chi connectivity index (χ1v) is 19.2. The van der Waals surface area contributed by atoms with Crippen LogP contribution >= 0.6 is 23.2 Å². The van der Waals surface area contributed by atoms with Crippen LogP contribution in [-0.4, -0.2) is 62.7 Å². The van der Waals surface area contributed by atoms with Crippen LogP contribution in [0.4, 0.5) is 0 Å². The maximum Gasteiger partial charge on any atom is 0.305 e. The Balaban J connectivity index is 1.41. The Bertz CT molecular complexity index is 1810. The Morgan fingerprint density at radius 3 is 2.52 bits per heavy atom. The average Bonchev–Trinajstić information content (AvgIpc) is 3.07. The van der Waals surface area contributed by atoms with Gasteiger partial charge in [0.25, 0.3) is 11.8 Å². The van der Waals surface area contributed by atoms with E-state index in [1.807, 2.05) is 6.07 Å². The molecule has 14 heteroatoms. The SMILES string of the molecule is CCOC(=O)CCCOc1cccc(CONC(=O)[C@@H]2c3ccccc3C(=O)N([C@H]3CCCC[C@@H]3NS(C)(=O)=O)[C@H]2c2ccc(Cl)cc2Cl)c1. The van der Waals surface area contributed by atoms with Crippen molar-refractivity contribution in [3.05, 3.63) is 99.0 Å². The molecule has 0 unspecified atom stereocenters. The van der Waals surface area contributed by atoms with Crippen LogP contribution in [0.25, 0.3) is 0 Å². The minimum atomic E-state index is -3.61. The summed E-state index contributed by atoms with van der Waals surface area (Å²) < 4.78 is 38.3. The van der Waals surface area contributed by atoms with Crippen LogP contribution in [0.15, 0.2) is 66.7 Å². The van der Waals surface area contributed by atoms with Gasteiger partial charge in [0, 0.05) is 34.1 Å². The molecular weight excluding hydrogens is 705 g/mol. The van der Waals surface area contributed by atoms with Crippen LogP contribution in [0, 0.1) is 0 Å². The highest BCUT2D eigenvalue weighted by molar-refractivity contribution is 7.88. The zero-order valence-electron chi connectivity index (χ0n) is 27.9. The molecule has 0 spiro atoms. The van der Waals surface area contributed by atoms with Crippen molar-refractivity contribution in [2.24, 2.45) is 0 Å². The highest BCUT2D eigenvalue weighted by Gasteiger charge is 2.49. The summed E-state index contributed by atoms with van der Waals surface area (Å²) >= 11 is 13.1. The quantitative estimate of drug-likeness (QED) is 0.115. The summed E-state index contributed by atoms with van der Waals surface area (Å²) in [4.78, 5) is 47.7. The van der Waals surface area contributed by atoms with Crippen LogP contribution < -0.4 is 14.9 Å². The van der Waals surface area contributed by atoms with Gasteiger partial charge in [-0.3, -0.25) is 19.2 Å². The fourth-order valence-electron chi connectivity index (χ4n) is 6.75. The number of nitrogens with one attached hydrogen (secondary N) is 2. The van der Waals surface area contributed by atoms with Gasteiger partial charge in [0.2, 0.25) is 10.0 Å². The molecule has 0 aromatic heterocycles. The number of fused-ring (bicyclic) bond motifs is 1. The van der Waals surface area contributed by atoms with Crippen molar-refractivity contribution in [3.8, 4) is 5.75 Å². The number of esters is 1. The van der Waals surface area contributed by atoms with E-state index in [4.69, 9.17) is 37.5 Å². The smallest absolute Gasteiger partial charge is 0.305 e. The molecule has 0 radical (unpaired) electrons. The van der Waals surface area contributed by atoms with Crippen molar-refractivity contribution >= 4 is 51.0 Å². The minimum Gasteiger partial charge on any atom is -0.494 e. The number of halogens is 2. The number of amides is 2. The number of nitrogens with zero attached hydrogens (tertiary/aromatic N) is 1. The summed E-state index contributed by atoms with van der Waals surface area (Å²) in [5.74, 6) is -1.50. The first-order chi connectivity index (χ1) is 24.0. The number of hydrogen-bond donors (Lipinski definition) is 2. The van der Waals surface area contributed by atoms with Crippen LogP contribution in [-0.2, 0) is 35.8 Å². The minimum absolute atomic E-state index is 0.0120. The lowest BCUT2D eigenvalue weighted by Crippen LogP contribution is -2.59. The Morgan fingerprint density at radius 2 is 1.76 bits per heavy atom. The molecule has 4 atom stereocenters. The zero-order valence-corrected chi connectivity index (χ0v) is 30.2. The Hall–Kier alpha value is -3.68. The summed E-state index contributed by atoms with van der Waals surface area (Å²) in [5, 5.41) is 0.651. The molecule has 11 nitrogen and oxygen atoms in total. The van der Waals surface area contributed by atoms with Gasteiger partial charge < -0.3 is 14.4 Å². The highest BCUT2D eigenvalue weighted by atomic mass is 35.5. The molecule has 0 saturated heterocycles. The van der Waals surface area contributed by atoms with Crippen molar-refractivity contribution in [2.45, 2.75) is 76.1 Å². The number of sulfonamides is 1. The molecule has 3 aromatic rings. The predicted octanol–water partition coefficient (Wildman–Crippen LogP) is 6.10. The van der Waals surface area contributed by atoms with Crippen molar-refractivity contribution in [1.82, 2.24) is 15.1 Å². The standard InChI is InChI=1S/C36H41Cl2N3O8S/c1-3-47-32(42)16-9-19-48-25-11-8-10-23(20-25)22-49-39-35(43)33-26-12-4-5-13-27(26)36(44)41(34(33)28-18-17-24(37)21-29(28)38)31-15-7-6-14-30(31)40-50(2,45)46/h4-5,8,10-13,17-18,20-21,30-31,33-34,40H,3,6-7,9,14-16,19,22H2,1-2H3,(H,39,43)/t30-,31-,33+,34-/m0/s1. The topological polar surface area (TPSA) is 140 Å². The molecule has 5 rings (SSSR count). The van der Waals surface area contributed by atoms with Gasteiger partial charge in [0.05, 0.1) is 38.0 Å². The number of hydroxylamine groups is 1. The number of carbonyl (C=O) groups excluding carboxylic acids is 3. The summed E-state index contributed by atoms with van der Waals surface area (Å²) in [6, 6.07) is 17.0. The predicted molar refractivity (Wildman–Crippen MR) is 189 cm³/mol. The highest BCUT2D eigenvalue weighted by Crippen LogP contribution is 2.48. The largest absolute Gasteiger partial charge is 0.494 e. The van der Waals surface area contributed by atoms with E-state index in [1.54, 1.807) is 72.5 Å². The second kappa shape index (κ2) is 17.0. The maximum atomic E-state index is 14.4. The van der Waals surface area contributed by atoms with E-state index in [2.05, 4.69) is 10.2 Å². The first-order valence-electron chi connectivity index (χ1n) is 16.6.